The molecule has 25 heavy (non-hydrogen) atoms. The summed E-state index contributed by atoms with van der Waals surface area (Å²) >= 11 is 6.35. The zero-order chi connectivity index (χ0) is 17.4. The van der Waals surface area contributed by atoms with Crippen LogP contribution in [-0.2, 0) is 11.3 Å². The fourth-order valence-electron chi connectivity index (χ4n) is 3.10. The van der Waals surface area contributed by atoms with Crippen molar-refractivity contribution >= 4 is 28.6 Å². The molecule has 0 atom stereocenters. The van der Waals surface area contributed by atoms with Crippen LogP contribution < -0.4 is 0 Å². The highest BCUT2D eigenvalue weighted by Crippen LogP contribution is 2.41. The maximum Gasteiger partial charge on any atom is 0.338 e. The Morgan fingerprint density at radius 1 is 1.28 bits per heavy atom. The van der Waals surface area contributed by atoms with Crippen LogP contribution >= 0.6 is 11.6 Å². The Labute approximate surface area is 151 Å². The molecule has 0 unspecified atom stereocenters. The molecule has 0 spiro atoms. The van der Waals surface area contributed by atoms with Crippen molar-refractivity contribution in [3.63, 3.8) is 0 Å². The van der Waals surface area contributed by atoms with Crippen LogP contribution in [0.1, 0.15) is 47.4 Å². The molecule has 1 saturated carbocycles. The Morgan fingerprint density at radius 2 is 2.08 bits per heavy atom. The summed E-state index contributed by atoms with van der Waals surface area (Å²) < 4.78 is 7.32. The number of hydrogen-bond acceptors (Lipinski definition) is 3. The number of benzene rings is 2. The fourth-order valence-corrected chi connectivity index (χ4v) is 3.29. The molecular weight excluding hydrogens is 336 g/mol. The van der Waals surface area contributed by atoms with Gasteiger partial charge in [-0.2, -0.15) is 0 Å². The summed E-state index contributed by atoms with van der Waals surface area (Å²) in [5, 5.41) is 0.743. The molecule has 4 rings (SSSR count). The van der Waals surface area contributed by atoms with Gasteiger partial charge in [0.05, 0.1) is 29.7 Å². The predicted octanol–water partition coefficient (Wildman–Crippen LogP) is 4.79. The Bertz CT molecular complexity index is 944. The van der Waals surface area contributed by atoms with Gasteiger partial charge in [-0.15, -0.1) is 0 Å². The van der Waals surface area contributed by atoms with Crippen molar-refractivity contribution < 1.29 is 9.53 Å². The van der Waals surface area contributed by atoms with Crippen LogP contribution in [0.15, 0.2) is 42.5 Å². The number of nitrogens with zero attached hydrogens (tertiary/aromatic N) is 2. The van der Waals surface area contributed by atoms with E-state index in [9.17, 15) is 4.79 Å². The highest BCUT2D eigenvalue weighted by atomic mass is 35.5. The summed E-state index contributed by atoms with van der Waals surface area (Å²) in [5.41, 5.74) is 3.46. The molecule has 1 heterocycles. The maximum absolute atomic E-state index is 12.1. The van der Waals surface area contributed by atoms with Gasteiger partial charge in [0.25, 0.3) is 0 Å². The van der Waals surface area contributed by atoms with E-state index < -0.39 is 0 Å². The first-order chi connectivity index (χ1) is 12.2. The monoisotopic (exact) mass is 354 g/mol. The van der Waals surface area contributed by atoms with E-state index in [-0.39, 0.29) is 5.97 Å². The molecular formula is C20H19ClN2O2. The van der Waals surface area contributed by atoms with Gasteiger partial charge in [0.2, 0.25) is 0 Å². The van der Waals surface area contributed by atoms with Crippen molar-refractivity contribution in [3.8, 4) is 0 Å². The van der Waals surface area contributed by atoms with Crippen molar-refractivity contribution in [3.05, 3.63) is 64.4 Å². The maximum atomic E-state index is 12.1. The Hall–Kier alpha value is -2.33. The van der Waals surface area contributed by atoms with E-state index in [1.807, 2.05) is 43.3 Å². The summed E-state index contributed by atoms with van der Waals surface area (Å²) in [6.07, 6.45) is 2.33. The molecule has 0 saturated heterocycles. The number of aromatic nitrogens is 2. The molecule has 0 N–H and O–H groups in total. The molecule has 5 heteroatoms. The highest BCUT2D eigenvalue weighted by Gasteiger charge is 2.30. The summed E-state index contributed by atoms with van der Waals surface area (Å²) in [4.78, 5) is 16.9. The first-order valence-corrected chi connectivity index (χ1v) is 8.96. The van der Waals surface area contributed by atoms with Crippen LogP contribution in [0.3, 0.4) is 0 Å². The number of hydrogen-bond donors (Lipinski definition) is 0. The van der Waals surface area contributed by atoms with Gasteiger partial charge in [-0.1, -0.05) is 29.8 Å². The number of esters is 1. The average molecular weight is 355 g/mol. The van der Waals surface area contributed by atoms with E-state index in [2.05, 4.69) is 4.57 Å². The average Bonchev–Trinajstić information content (AvgIpc) is 3.40. The number of halogens is 1. The fraction of sp³-hybridized carbons (Fsp3) is 0.300. The minimum Gasteiger partial charge on any atom is -0.462 e. The number of rotatable bonds is 5. The van der Waals surface area contributed by atoms with Crippen molar-refractivity contribution in [2.45, 2.75) is 32.2 Å². The first kappa shape index (κ1) is 16.2. The smallest absolute Gasteiger partial charge is 0.338 e. The lowest BCUT2D eigenvalue weighted by molar-refractivity contribution is 0.0526. The van der Waals surface area contributed by atoms with Crippen LogP contribution in [0.5, 0.6) is 0 Å². The third kappa shape index (κ3) is 3.14. The van der Waals surface area contributed by atoms with Crippen molar-refractivity contribution in [1.82, 2.24) is 9.55 Å². The lowest BCUT2D eigenvalue weighted by atomic mass is 10.2. The molecule has 0 aliphatic heterocycles. The van der Waals surface area contributed by atoms with Gasteiger partial charge in [0.1, 0.15) is 5.82 Å². The van der Waals surface area contributed by atoms with E-state index in [1.54, 1.807) is 6.07 Å². The summed E-state index contributed by atoms with van der Waals surface area (Å²) in [6, 6.07) is 13.4. The van der Waals surface area contributed by atoms with Gasteiger partial charge in [0.15, 0.2) is 0 Å². The normalized spacial score (nSPS) is 14.0. The zero-order valence-electron chi connectivity index (χ0n) is 14.0. The van der Waals surface area contributed by atoms with Crippen LogP contribution in [0.2, 0.25) is 5.02 Å². The van der Waals surface area contributed by atoms with E-state index in [1.165, 1.54) is 0 Å². The van der Waals surface area contributed by atoms with Crippen molar-refractivity contribution in [2.75, 3.05) is 6.61 Å². The second-order valence-corrected chi connectivity index (χ2v) is 6.75. The number of carbonyl (C=O) groups excluding carboxylic acids is 1. The van der Waals surface area contributed by atoms with Gasteiger partial charge in [-0.3, -0.25) is 0 Å². The molecule has 0 radical (unpaired) electrons. The second-order valence-electron chi connectivity index (χ2n) is 6.35. The third-order valence-electron chi connectivity index (χ3n) is 4.52. The standard InChI is InChI=1S/C20H19ClN2O2/c1-2-25-20(24)14-9-10-17-18(11-14)23(19(22-17)13-7-8-13)12-15-5-3-4-6-16(15)21/h3-6,9-11,13H,2,7-8,12H2,1H3. The first-order valence-electron chi connectivity index (χ1n) is 8.58. The summed E-state index contributed by atoms with van der Waals surface area (Å²) in [6.45, 7) is 2.82. The molecule has 3 aromatic rings. The van der Waals surface area contributed by atoms with Crippen LogP contribution in [0.4, 0.5) is 0 Å². The SMILES string of the molecule is CCOC(=O)c1ccc2nc(C3CC3)n(Cc3ccccc3Cl)c2c1. The summed E-state index contributed by atoms with van der Waals surface area (Å²) in [5.74, 6) is 1.28. The van der Waals surface area contributed by atoms with Crippen LogP contribution in [0, 0.1) is 0 Å². The lowest BCUT2D eigenvalue weighted by Crippen LogP contribution is -2.07. The third-order valence-corrected chi connectivity index (χ3v) is 4.89. The highest BCUT2D eigenvalue weighted by molar-refractivity contribution is 6.31. The number of carbonyl (C=O) groups is 1. The van der Waals surface area contributed by atoms with E-state index in [0.717, 1.165) is 40.3 Å². The minimum atomic E-state index is -0.303. The molecule has 128 valence electrons. The molecule has 0 amide bonds. The molecule has 1 aliphatic carbocycles. The Balaban J connectivity index is 1.81. The molecule has 0 bridgehead atoms. The van der Waals surface area contributed by atoms with Crippen LogP contribution in [-0.4, -0.2) is 22.1 Å². The van der Waals surface area contributed by atoms with Gasteiger partial charge >= 0.3 is 5.97 Å². The molecule has 4 nitrogen and oxygen atoms in total. The van der Waals surface area contributed by atoms with E-state index in [0.29, 0.717) is 24.6 Å². The van der Waals surface area contributed by atoms with Gasteiger partial charge in [0, 0.05) is 10.9 Å². The summed E-state index contributed by atoms with van der Waals surface area (Å²) in [7, 11) is 0. The second kappa shape index (κ2) is 6.52. The quantitative estimate of drug-likeness (QED) is 0.618. The van der Waals surface area contributed by atoms with Gasteiger partial charge in [-0.25, -0.2) is 9.78 Å². The zero-order valence-corrected chi connectivity index (χ0v) is 14.8. The minimum absolute atomic E-state index is 0.303. The Morgan fingerprint density at radius 3 is 2.80 bits per heavy atom. The number of imidazole rings is 1. The predicted molar refractivity (Wildman–Crippen MR) is 98.2 cm³/mol. The van der Waals surface area contributed by atoms with Gasteiger partial charge < -0.3 is 9.30 Å². The van der Waals surface area contributed by atoms with E-state index in [4.69, 9.17) is 21.3 Å². The molecule has 1 aromatic heterocycles. The van der Waals surface area contributed by atoms with Crippen molar-refractivity contribution in [2.24, 2.45) is 0 Å². The molecule has 1 fully saturated rings. The Kier molecular flexibility index (Phi) is 4.22. The molecule has 1 aliphatic rings. The van der Waals surface area contributed by atoms with Crippen LogP contribution in [0.25, 0.3) is 11.0 Å². The topological polar surface area (TPSA) is 44.1 Å². The largest absolute Gasteiger partial charge is 0.462 e. The number of ether oxygens (including phenoxy) is 1. The van der Waals surface area contributed by atoms with Crippen molar-refractivity contribution in [1.29, 1.82) is 0 Å². The van der Waals surface area contributed by atoms with Gasteiger partial charge in [-0.05, 0) is 49.6 Å². The van der Waals surface area contributed by atoms with E-state index >= 15 is 0 Å². The number of fused-ring (bicyclic) bond motifs is 1. The molecule has 2 aromatic carbocycles. The lowest BCUT2D eigenvalue weighted by Gasteiger charge is -2.11.